The van der Waals surface area contributed by atoms with Crippen molar-refractivity contribution in [3.05, 3.63) is 59.7 Å². The second-order valence-corrected chi connectivity index (χ2v) is 9.19. The van der Waals surface area contributed by atoms with Gasteiger partial charge in [-0.15, -0.1) is 0 Å². The van der Waals surface area contributed by atoms with Gasteiger partial charge in [-0.25, -0.2) is 4.68 Å². The van der Waals surface area contributed by atoms with Crippen molar-refractivity contribution in [2.45, 2.75) is 31.2 Å². The molecule has 1 aromatic heterocycles. The molecule has 2 atom stereocenters. The smallest absolute Gasteiger partial charge is 0.410 e. The minimum Gasteiger partial charge on any atom is -0.493 e. The van der Waals surface area contributed by atoms with Crippen molar-refractivity contribution in [1.29, 1.82) is 0 Å². The predicted molar refractivity (Wildman–Crippen MR) is 131 cm³/mol. The van der Waals surface area contributed by atoms with Crippen LogP contribution >= 0.6 is 0 Å². The Kier molecular flexibility index (Phi) is 6.81. The molecule has 192 valence electrons. The third kappa shape index (κ3) is 5.01. The second-order valence-electron chi connectivity index (χ2n) is 9.19. The first-order chi connectivity index (χ1) is 17.4. The predicted octanol–water partition coefficient (Wildman–Crippen LogP) is 4.63. The van der Waals surface area contributed by atoms with Gasteiger partial charge < -0.3 is 20.1 Å². The number of benzene rings is 2. The van der Waals surface area contributed by atoms with Gasteiger partial charge in [-0.05, 0) is 29.3 Å². The van der Waals surface area contributed by atoms with Crippen LogP contribution in [0, 0.1) is 0 Å². The summed E-state index contributed by atoms with van der Waals surface area (Å²) >= 11 is 0. The normalized spacial score (nSPS) is 20.5. The molecule has 1 fully saturated rings. The highest BCUT2D eigenvalue weighted by atomic mass is 19.4. The molecule has 3 heterocycles. The number of nitrogens with zero attached hydrogens (tertiary/aromatic N) is 3. The molecule has 0 spiro atoms. The molecule has 0 amide bonds. The average Bonchev–Trinajstić information content (AvgIpc) is 3.32. The van der Waals surface area contributed by atoms with Gasteiger partial charge in [-0.1, -0.05) is 24.3 Å². The molecular weight excluding hydrogens is 471 g/mol. The summed E-state index contributed by atoms with van der Waals surface area (Å²) in [7, 11) is 3.03. The number of aromatic nitrogens is 2. The standard InChI is InChI=1S/C26H30F3N5O2/c1-35-22-7-6-19(13-23(22)36-2)20-14-24(26(27,28)29)34-25(31-20)15-21(32-34)18-5-3-4-17(12-18)16-33-10-8-30-9-11-33/h3-7,12-13,15,20,24,30-31H,8-11,14,16H2,1-2H3. The van der Waals surface area contributed by atoms with E-state index in [4.69, 9.17) is 9.47 Å². The van der Waals surface area contributed by atoms with Gasteiger partial charge in [0.05, 0.1) is 26.0 Å². The fourth-order valence-electron chi connectivity index (χ4n) is 4.96. The summed E-state index contributed by atoms with van der Waals surface area (Å²) in [6.07, 6.45) is -4.63. The lowest BCUT2D eigenvalue weighted by atomic mass is 9.96. The van der Waals surface area contributed by atoms with Gasteiger partial charge in [-0.3, -0.25) is 4.90 Å². The second kappa shape index (κ2) is 10.0. The van der Waals surface area contributed by atoms with Gasteiger partial charge in [0.25, 0.3) is 0 Å². The SMILES string of the molecule is COc1ccc(C2CC(C(F)(F)F)n3nc(-c4cccc(CN5CCNCC5)c4)cc3N2)cc1OC. The fraction of sp³-hybridized carbons (Fsp3) is 0.423. The highest BCUT2D eigenvalue weighted by molar-refractivity contribution is 5.65. The van der Waals surface area contributed by atoms with E-state index in [1.807, 2.05) is 24.3 Å². The number of hydrogen-bond donors (Lipinski definition) is 2. The van der Waals surface area contributed by atoms with E-state index in [-0.39, 0.29) is 6.42 Å². The van der Waals surface area contributed by atoms with E-state index in [1.54, 1.807) is 24.3 Å². The van der Waals surface area contributed by atoms with Gasteiger partial charge in [0.1, 0.15) is 5.82 Å². The van der Waals surface area contributed by atoms with Crippen LogP contribution in [0.5, 0.6) is 11.5 Å². The van der Waals surface area contributed by atoms with E-state index in [9.17, 15) is 13.2 Å². The number of piperazine rings is 1. The average molecular weight is 502 g/mol. The Bertz CT molecular complexity index is 1210. The van der Waals surface area contributed by atoms with Crippen molar-refractivity contribution in [3.8, 4) is 22.8 Å². The van der Waals surface area contributed by atoms with Crippen LogP contribution in [0.25, 0.3) is 11.3 Å². The molecule has 0 bridgehead atoms. The summed E-state index contributed by atoms with van der Waals surface area (Å²) in [6.45, 7) is 4.65. The van der Waals surface area contributed by atoms with Gasteiger partial charge in [0.2, 0.25) is 0 Å². The van der Waals surface area contributed by atoms with E-state index < -0.39 is 18.3 Å². The van der Waals surface area contributed by atoms with E-state index in [1.165, 1.54) is 14.2 Å². The van der Waals surface area contributed by atoms with Crippen LogP contribution < -0.4 is 20.1 Å². The lowest BCUT2D eigenvalue weighted by Gasteiger charge is -2.33. The van der Waals surface area contributed by atoms with Gasteiger partial charge in [-0.2, -0.15) is 18.3 Å². The zero-order valence-electron chi connectivity index (χ0n) is 20.3. The highest BCUT2D eigenvalue weighted by Crippen LogP contribution is 2.45. The Morgan fingerprint density at radius 1 is 1.00 bits per heavy atom. The minimum absolute atomic E-state index is 0.184. The van der Waals surface area contributed by atoms with E-state index in [0.29, 0.717) is 28.6 Å². The van der Waals surface area contributed by atoms with Crippen molar-refractivity contribution in [2.24, 2.45) is 0 Å². The Morgan fingerprint density at radius 2 is 1.78 bits per heavy atom. The van der Waals surface area contributed by atoms with Crippen molar-refractivity contribution in [3.63, 3.8) is 0 Å². The van der Waals surface area contributed by atoms with Gasteiger partial charge in [0.15, 0.2) is 17.5 Å². The topological polar surface area (TPSA) is 63.6 Å². The number of nitrogens with one attached hydrogen (secondary N) is 2. The molecule has 0 saturated carbocycles. The van der Waals surface area contributed by atoms with E-state index in [0.717, 1.165) is 48.5 Å². The molecule has 10 heteroatoms. The highest BCUT2D eigenvalue weighted by Gasteiger charge is 2.46. The molecule has 3 aromatic rings. The Balaban J connectivity index is 1.44. The lowest BCUT2D eigenvalue weighted by Crippen LogP contribution is -2.42. The summed E-state index contributed by atoms with van der Waals surface area (Å²) in [5.74, 6) is 1.34. The van der Waals surface area contributed by atoms with Gasteiger partial charge in [0, 0.05) is 50.8 Å². The Labute approximate surface area is 208 Å². The van der Waals surface area contributed by atoms with Crippen LogP contribution in [-0.4, -0.2) is 61.3 Å². The molecule has 0 aliphatic carbocycles. The van der Waals surface area contributed by atoms with Crippen molar-refractivity contribution < 1.29 is 22.6 Å². The molecule has 2 aromatic carbocycles. The molecule has 2 N–H and O–H groups in total. The molecule has 1 saturated heterocycles. The lowest BCUT2D eigenvalue weighted by molar-refractivity contribution is -0.173. The minimum atomic E-state index is -4.45. The van der Waals surface area contributed by atoms with Crippen LogP contribution in [0.1, 0.15) is 29.6 Å². The zero-order chi connectivity index (χ0) is 25.3. The third-order valence-corrected chi connectivity index (χ3v) is 6.84. The monoisotopic (exact) mass is 501 g/mol. The summed E-state index contributed by atoms with van der Waals surface area (Å²) in [6, 6.07) is 12.5. The molecule has 0 radical (unpaired) electrons. The first-order valence-electron chi connectivity index (χ1n) is 12.0. The van der Waals surface area contributed by atoms with Crippen molar-refractivity contribution in [1.82, 2.24) is 20.0 Å². The Morgan fingerprint density at radius 3 is 2.50 bits per heavy atom. The molecule has 5 rings (SSSR count). The van der Waals surface area contributed by atoms with E-state index in [2.05, 4.69) is 20.6 Å². The molecule has 2 aliphatic heterocycles. The number of ether oxygens (including phenoxy) is 2. The number of fused-ring (bicyclic) bond motifs is 1. The number of rotatable bonds is 6. The summed E-state index contributed by atoms with van der Waals surface area (Å²) in [5, 5.41) is 11.0. The Hall–Kier alpha value is -3.24. The van der Waals surface area contributed by atoms with Gasteiger partial charge >= 0.3 is 6.18 Å². The molecule has 2 aliphatic rings. The maximum absolute atomic E-state index is 14.2. The number of hydrogen-bond acceptors (Lipinski definition) is 6. The maximum Gasteiger partial charge on any atom is 0.410 e. The van der Waals surface area contributed by atoms with Crippen LogP contribution in [0.15, 0.2) is 48.5 Å². The molecular formula is C26H30F3N5O2. The van der Waals surface area contributed by atoms with Crippen LogP contribution in [0.2, 0.25) is 0 Å². The molecule has 7 nitrogen and oxygen atoms in total. The van der Waals surface area contributed by atoms with Crippen LogP contribution in [0.3, 0.4) is 0 Å². The first kappa shape index (κ1) is 24.5. The van der Waals surface area contributed by atoms with Crippen molar-refractivity contribution >= 4 is 5.82 Å². The number of anilines is 1. The zero-order valence-corrected chi connectivity index (χ0v) is 20.3. The quantitative estimate of drug-likeness (QED) is 0.514. The summed E-state index contributed by atoms with van der Waals surface area (Å²) < 4.78 is 54.2. The summed E-state index contributed by atoms with van der Waals surface area (Å²) in [4.78, 5) is 2.36. The molecule has 2 unspecified atom stereocenters. The number of halogens is 3. The number of alkyl halides is 3. The molecule has 36 heavy (non-hydrogen) atoms. The van der Waals surface area contributed by atoms with E-state index >= 15 is 0 Å². The van der Waals surface area contributed by atoms with Crippen LogP contribution in [0.4, 0.5) is 19.0 Å². The summed E-state index contributed by atoms with van der Waals surface area (Å²) in [5.41, 5.74) is 3.12. The fourth-order valence-corrected chi connectivity index (χ4v) is 4.96. The first-order valence-corrected chi connectivity index (χ1v) is 12.0. The largest absolute Gasteiger partial charge is 0.493 e. The maximum atomic E-state index is 14.2. The van der Waals surface area contributed by atoms with Crippen molar-refractivity contribution in [2.75, 3.05) is 45.7 Å². The third-order valence-electron chi connectivity index (χ3n) is 6.84. The number of methoxy groups -OCH3 is 2. The van der Waals surface area contributed by atoms with Crippen LogP contribution in [-0.2, 0) is 6.54 Å².